The summed E-state index contributed by atoms with van der Waals surface area (Å²) in [6.07, 6.45) is -14.3. The number of carbonyl (C=O) groups excluding carboxylic acids is 2. The van der Waals surface area contributed by atoms with Gasteiger partial charge < -0.3 is 5.32 Å². The first-order valence-corrected chi connectivity index (χ1v) is 11.8. The van der Waals surface area contributed by atoms with Gasteiger partial charge in [0.2, 0.25) is 5.91 Å². The van der Waals surface area contributed by atoms with Crippen LogP contribution in [0.25, 0.3) is 6.08 Å². The number of alkyl halides is 9. The lowest BCUT2D eigenvalue weighted by atomic mass is 9.93. The van der Waals surface area contributed by atoms with Crippen LogP contribution >= 0.6 is 34.8 Å². The van der Waals surface area contributed by atoms with E-state index in [0.29, 0.717) is 18.2 Å². The van der Waals surface area contributed by atoms with E-state index in [-0.39, 0.29) is 20.6 Å². The van der Waals surface area contributed by atoms with Crippen molar-refractivity contribution < 1.29 is 49.1 Å². The molecule has 214 valence electrons. The van der Waals surface area contributed by atoms with Gasteiger partial charge in [-0.1, -0.05) is 66.0 Å². The Morgan fingerprint density at radius 1 is 0.923 bits per heavy atom. The zero-order chi connectivity index (χ0) is 29.9. The zero-order valence-corrected chi connectivity index (χ0v) is 21.7. The summed E-state index contributed by atoms with van der Waals surface area (Å²) in [5.74, 6) is -6.14. The second kappa shape index (κ2) is 12.4. The maximum Gasteiger partial charge on any atom is 0.417 e. The summed E-state index contributed by atoms with van der Waals surface area (Å²) < 4.78 is 119. The van der Waals surface area contributed by atoms with E-state index in [1.807, 2.05) is 0 Å². The minimum Gasteiger partial charge on any atom is -0.347 e. The summed E-state index contributed by atoms with van der Waals surface area (Å²) in [7, 11) is 0. The fourth-order valence-electron chi connectivity index (χ4n) is 3.36. The smallest absolute Gasteiger partial charge is 0.347 e. The number of hydrogen-bond acceptors (Lipinski definition) is 2. The monoisotopic (exact) mass is 627 g/mol. The molecule has 1 unspecified atom stereocenters. The number of hydrogen-bond donors (Lipinski definition) is 1. The Hall–Kier alpha value is -2.44. The summed E-state index contributed by atoms with van der Waals surface area (Å²) >= 11 is 17.4. The van der Waals surface area contributed by atoms with E-state index < -0.39 is 71.7 Å². The number of nitrogens with one attached hydrogen (secondary N) is 1. The number of rotatable bonds is 8. The number of halogens is 12. The van der Waals surface area contributed by atoms with Crippen molar-refractivity contribution >= 4 is 52.6 Å². The Morgan fingerprint density at radius 3 is 1.97 bits per heavy atom. The lowest BCUT2D eigenvalue weighted by Gasteiger charge is -2.19. The summed E-state index contributed by atoms with van der Waals surface area (Å²) in [6.45, 7) is -0.632. The summed E-state index contributed by atoms with van der Waals surface area (Å²) in [5.41, 5.74) is -3.19. The van der Waals surface area contributed by atoms with E-state index in [2.05, 4.69) is 0 Å². The van der Waals surface area contributed by atoms with E-state index in [9.17, 15) is 49.1 Å². The van der Waals surface area contributed by atoms with Crippen molar-refractivity contribution in [3.8, 4) is 0 Å². The van der Waals surface area contributed by atoms with Crippen molar-refractivity contribution in [1.82, 2.24) is 5.32 Å². The first-order valence-electron chi connectivity index (χ1n) is 10.7. The molecule has 0 heterocycles. The molecule has 0 aliphatic carbocycles. The fraction of sp³-hybridized carbons (Fsp3) is 0.333. The second-order valence-electron chi connectivity index (χ2n) is 8.34. The van der Waals surface area contributed by atoms with Gasteiger partial charge in [0, 0.05) is 17.9 Å². The molecular formula is C24H17Cl3F9NO2. The van der Waals surface area contributed by atoms with E-state index in [1.165, 1.54) is 5.32 Å². The molecule has 0 fully saturated rings. The van der Waals surface area contributed by atoms with Gasteiger partial charge in [0.1, 0.15) is 6.54 Å². The highest BCUT2D eigenvalue weighted by atomic mass is 35.5. The van der Waals surface area contributed by atoms with Crippen LogP contribution in [0.1, 0.15) is 46.3 Å². The Labute approximate surface area is 230 Å². The average Bonchev–Trinajstić information content (AvgIpc) is 2.78. The number of allylic oxidation sites excluding steroid dienone is 1. The number of carbonyl (C=O) groups is 2. The molecule has 0 saturated heterocycles. The molecule has 3 nitrogen and oxygen atoms in total. The van der Waals surface area contributed by atoms with Crippen molar-refractivity contribution in [1.29, 1.82) is 0 Å². The minimum absolute atomic E-state index is 0.186. The quantitative estimate of drug-likeness (QED) is 0.180. The molecule has 2 aromatic rings. The Kier molecular flexibility index (Phi) is 10.4. The minimum atomic E-state index is -5.13. The normalized spacial score (nSPS) is 14.4. The van der Waals surface area contributed by atoms with Crippen LogP contribution in [0.4, 0.5) is 39.5 Å². The number of ketones is 1. The SMILES string of the molecule is C[C@H](CC(=O)c1ccc(/C=C/C(c2cc(Cl)c(Cl)c(Cl)c2)C(F)(F)F)cc1C(F)(F)F)C(=O)NCC(F)(F)F. The fourth-order valence-corrected chi connectivity index (χ4v) is 3.97. The van der Waals surface area contributed by atoms with Gasteiger partial charge in [0.15, 0.2) is 5.78 Å². The van der Waals surface area contributed by atoms with Crippen LogP contribution in [0, 0.1) is 5.92 Å². The standard InChI is InChI=1S/C24H17Cl3F9NO2/c1-11(21(39)37-10-22(28,29)30)6-19(38)14-4-2-12(7-16(14)24(34,35)36)3-5-15(23(31,32)33)13-8-17(25)20(27)18(26)9-13/h2-5,7-9,11,15H,6,10H2,1H3,(H,37,39)/b5-3+/t11-,15?/m1/s1. The molecule has 1 N–H and O–H groups in total. The van der Waals surface area contributed by atoms with Gasteiger partial charge in [-0.05, 0) is 29.3 Å². The van der Waals surface area contributed by atoms with Gasteiger partial charge in [-0.15, -0.1) is 0 Å². The third-order valence-corrected chi connectivity index (χ3v) is 6.45. The Bertz CT molecular complexity index is 1230. The summed E-state index contributed by atoms with van der Waals surface area (Å²) in [4.78, 5) is 24.3. The van der Waals surface area contributed by atoms with E-state index in [4.69, 9.17) is 34.8 Å². The van der Waals surface area contributed by atoms with E-state index in [1.54, 1.807) is 0 Å². The first kappa shape index (κ1) is 32.8. The zero-order valence-electron chi connectivity index (χ0n) is 19.5. The third kappa shape index (κ3) is 9.32. The summed E-state index contributed by atoms with van der Waals surface area (Å²) in [6, 6.07) is 3.92. The van der Waals surface area contributed by atoms with Crippen LogP contribution in [-0.2, 0) is 11.0 Å². The number of amides is 1. The van der Waals surface area contributed by atoms with E-state index >= 15 is 0 Å². The van der Waals surface area contributed by atoms with Crippen LogP contribution in [0.15, 0.2) is 36.4 Å². The highest BCUT2D eigenvalue weighted by Crippen LogP contribution is 2.41. The predicted octanol–water partition coefficient (Wildman–Crippen LogP) is 8.91. The second-order valence-corrected chi connectivity index (χ2v) is 9.53. The van der Waals surface area contributed by atoms with Crippen LogP contribution in [-0.4, -0.2) is 30.6 Å². The third-order valence-electron chi connectivity index (χ3n) is 5.25. The molecule has 2 atom stereocenters. The van der Waals surface area contributed by atoms with Crippen LogP contribution < -0.4 is 5.32 Å². The van der Waals surface area contributed by atoms with Crippen molar-refractivity contribution in [3.05, 3.63) is 73.7 Å². The highest BCUT2D eigenvalue weighted by molar-refractivity contribution is 6.48. The van der Waals surface area contributed by atoms with Crippen molar-refractivity contribution in [2.45, 2.75) is 37.8 Å². The molecule has 0 aliphatic heterocycles. The topological polar surface area (TPSA) is 46.2 Å². The molecule has 0 radical (unpaired) electrons. The molecule has 15 heteroatoms. The molecule has 2 rings (SSSR count). The summed E-state index contributed by atoms with van der Waals surface area (Å²) in [5, 5.41) is 0.801. The molecule has 0 spiro atoms. The first-order chi connectivity index (χ1) is 17.7. The predicted molar refractivity (Wildman–Crippen MR) is 128 cm³/mol. The Morgan fingerprint density at radius 2 is 1.49 bits per heavy atom. The molecule has 0 saturated carbocycles. The maximum atomic E-state index is 13.7. The molecule has 0 bridgehead atoms. The van der Waals surface area contributed by atoms with Crippen molar-refractivity contribution in [2.24, 2.45) is 5.92 Å². The largest absolute Gasteiger partial charge is 0.417 e. The van der Waals surface area contributed by atoms with Gasteiger partial charge >= 0.3 is 18.5 Å². The average molecular weight is 629 g/mol. The van der Waals surface area contributed by atoms with Gasteiger partial charge in [-0.2, -0.15) is 39.5 Å². The molecular weight excluding hydrogens is 612 g/mol. The van der Waals surface area contributed by atoms with Crippen LogP contribution in [0.2, 0.25) is 15.1 Å². The highest BCUT2D eigenvalue weighted by Gasteiger charge is 2.40. The molecule has 39 heavy (non-hydrogen) atoms. The molecule has 0 aromatic heterocycles. The molecule has 1 amide bonds. The maximum absolute atomic E-state index is 13.7. The van der Waals surface area contributed by atoms with Gasteiger partial charge in [-0.3, -0.25) is 9.59 Å². The lowest BCUT2D eigenvalue weighted by Crippen LogP contribution is -2.37. The van der Waals surface area contributed by atoms with Crippen LogP contribution in [0.5, 0.6) is 0 Å². The van der Waals surface area contributed by atoms with E-state index in [0.717, 1.165) is 31.2 Å². The van der Waals surface area contributed by atoms with Crippen molar-refractivity contribution in [2.75, 3.05) is 6.54 Å². The number of Topliss-reactive ketones (excluding diaryl/α,β-unsaturated/α-hetero) is 1. The van der Waals surface area contributed by atoms with Gasteiger partial charge in [0.05, 0.1) is 26.5 Å². The molecule has 0 aliphatic rings. The molecule has 2 aromatic carbocycles. The van der Waals surface area contributed by atoms with Gasteiger partial charge in [-0.25, -0.2) is 0 Å². The van der Waals surface area contributed by atoms with Crippen molar-refractivity contribution in [3.63, 3.8) is 0 Å². The lowest BCUT2D eigenvalue weighted by molar-refractivity contribution is -0.140. The Balaban J connectivity index is 2.37. The van der Waals surface area contributed by atoms with Crippen LogP contribution in [0.3, 0.4) is 0 Å². The number of benzene rings is 2. The van der Waals surface area contributed by atoms with Gasteiger partial charge in [0.25, 0.3) is 0 Å².